The van der Waals surface area contributed by atoms with Gasteiger partial charge in [0.25, 0.3) is 0 Å². The third-order valence-electron chi connectivity index (χ3n) is 1.82. The summed E-state index contributed by atoms with van der Waals surface area (Å²) in [6.07, 6.45) is 0.122. The van der Waals surface area contributed by atoms with Crippen molar-refractivity contribution in [3.05, 3.63) is 35.9 Å². The first-order chi connectivity index (χ1) is 5.67. The molecule has 1 aromatic rings. The number of hydrogen-bond donors (Lipinski definition) is 1. The van der Waals surface area contributed by atoms with Crippen LogP contribution >= 0.6 is 0 Å². The summed E-state index contributed by atoms with van der Waals surface area (Å²) in [5.74, 6) is 0. The molecule has 0 amide bonds. The molecule has 0 spiro atoms. The number of hydrogen-bond acceptors (Lipinski definition) is 2. The van der Waals surface area contributed by atoms with Gasteiger partial charge in [-0.2, -0.15) is 5.26 Å². The SMILES string of the molecule is C[C@@](O)(CC#N)c1ccccc1. The van der Waals surface area contributed by atoms with Gasteiger partial charge in [-0.3, -0.25) is 0 Å². The standard InChI is InChI=1S/C10H11NO/c1-10(12,7-8-11)9-5-3-2-4-6-9/h2-6,12H,7H2,1H3/t10-/m1/s1. The zero-order chi connectivity index (χ0) is 9.03. The predicted molar refractivity (Wildman–Crippen MR) is 46.2 cm³/mol. The Hall–Kier alpha value is -1.33. The van der Waals surface area contributed by atoms with E-state index in [2.05, 4.69) is 0 Å². The van der Waals surface area contributed by atoms with Gasteiger partial charge in [-0.1, -0.05) is 30.3 Å². The molecule has 2 heteroatoms. The van der Waals surface area contributed by atoms with Crippen molar-refractivity contribution in [2.45, 2.75) is 18.9 Å². The molecule has 62 valence electrons. The molecule has 0 aliphatic rings. The first kappa shape index (κ1) is 8.76. The van der Waals surface area contributed by atoms with Crippen LogP contribution in [0.5, 0.6) is 0 Å². The van der Waals surface area contributed by atoms with Crippen LogP contribution in [0.25, 0.3) is 0 Å². The summed E-state index contributed by atoms with van der Waals surface area (Å²) in [7, 11) is 0. The van der Waals surface area contributed by atoms with E-state index >= 15 is 0 Å². The molecule has 2 nitrogen and oxygen atoms in total. The average molecular weight is 161 g/mol. The quantitative estimate of drug-likeness (QED) is 0.718. The molecule has 12 heavy (non-hydrogen) atoms. The van der Waals surface area contributed by atoms with Gasteiger partial charge < -0.3 is 5.11 Å². The summed E-state index contributed by atoms with van der Waals surface area (Å²) in [5, 5.41) is 18.2. The van der Waals surface area contributed by atoms with Gasteiger partial charge in [0.2, 0.25) is 0 Å². The van der Waals surface area contributed by atoms with E-state index in [0.717, 1.165) is 5.56 Å². The molecule has 0 saturated carbocycles. The highest BCUT2D eigenvalue weighted by Crippen LogP contribution is 2.22. The maximum atomic E-state index is 9.76. The molecule has 1 N–H and O–H groups in total. The first-order valence-corrected chi connectivity index (χ1v) is 3.82. The van der Waals surface area contributed by atoms with Crippen LogP contribution in [-0.4, -0.2) is 5.11 Å². The largest absolute Gasteiger partial charge is 0.384 e. The molecule has 0 heterocycles. The van der Waals surface area contributed by atoms with Crippen LogP contribution in [0.4, 0.5) is 0 Å². The van der Waals surface area contributed by atoms with E-state index in [0.29, 0.717) is 0 Å². The number of nitrogens with zero attached hydrogens (tertiary/aromatic N) is 1. The Morgan fingerprint density at radius 3 is 2.50 bits per heavy atom. The molecule has 0 aromatic heterocycles. The minimum Gasteiger partial charge on any atom is -0.384 e. The van der Waals surface area contributed by atoms with Crippen LogP contribution in [-0.2, 0) is 5.60 Å². The van der Waals surface area contributed by atoms with Crippen molar-refractivity contribution in [3.8, 4) is 6.07 Å². The fourth-order valence-electron chi connectivity index (χ4n) is 1.05. The molecule has 0 saturated heterocycles. The lowest BCUT2D eigenvalue weighted by Gasteiger charge is -2.19. The normalized spacial score (nSPS) is 14.8. The van der Waals surface area contributed by atoms with E-state index in [-0.39, 0.29) is 6.42 Å². The Kier molecular flexibility index (Phi) is 2.47. The van der Waals surface area contributed by atoms with Crippen molar-refractivity contribution in [1.29, 1.82) is 5.26 Å². The monoisotopic (exact) mass is 161 g/mol. The highest BCUT2D eigenvalue weighted by Gasteiger charge is 2.21. The molecule has 0 fully saturated rings. The lowest BCUT2D eigenvalue weighted by Crippen LogP contribution is -2.19. The van der Waals surface area contributed by atoms with Gasteiger partial charge >= 0.3 is 0 Å². The van der Waals surface area contributed by atoms with Crippen LogP contribution in [0, 0.1) is 11.3 Å². The van der Waals surface area contributed by atoms with Crippen molar-refractivity contribution in [2.75, 3.05) is 0 Å². The Morgan fingerprint density at radius 1 is 1.42 bits per heavy atom. The topological polar surface area (TPSA) is 44.0 Å². The fraction of sp³-hybridized carbons (Fsp3) is 0.300. The molecule has 0 unspecified atom stereocenters. The second-order valence-corrected chi connectivity index (χ2v) is 2.97. The van der Waals surface area contributed by atoms with Gasteiger partial charge in [0.1, 0.15) is 0 Å². The Labute approximate surface area is 72.1 Å². The van der Waals surface area contributed by atoms with E-state index in [4.69, 9.17) is 5.26 Å². The molecule has 0 bridgehead atoms. The molecule has 0 aliphatic carbocycles. The van der Waals surface area contributed by atoms with Crippen LogP contribution in [0.3, 0.4) is 0 Å². The van der Waals surface area contributed by atoms with E-state index < -0.39 is 5.60 Å². The van der Waals surface area contributed by atoms with Crippen molar-refractivity contribution in [3.63, 3.8) is 0 Å². The summed E-state index contributed by atoms with van der Waals surface area (Å²) < 4.78 is 0. The van der Waals surface area contributed by atoms with Gasteiger partial charge in [0.15, 0.2) is 0 Å². The van der Waals surface area contributed by atoms with Gasteiger partial charge in [0.05, 0.1) is 18.1 Å². The van der Waals surface area contributed by atoms with Gasteiger partial charge in [-0.15, -0.1) is 0 Å². The van der Waals surface area contributed by atoms with Crippen LogP contribution in [0.2, 0.25) is 0 Å². The Morgan fingerprint density at radius 2 is 2.00 bits per heavy atom. The number of rotatable bonds is 2. The summed E-state index contributed by atoms with van der Waals surface area (Å²) >= 11 is 0. The minimum absolute atomic E-state index is 0.122. The van der Waals surface area contributed by atoms with Gasteiger partial charge in [0, 0.05) is 0 Å². The van der Waals surface area contributed by atoms with E-state index in [1.165, 1.54) is 0 Å². The summed E-state index contributed by atoms with van der Waals surface area (Å²) in [6.45, 7) is 1.64. The van der Waals surface area contributed by atoms with Crippen LogP contribution in [0.1, 0.15) is 18.9 Å². The number of aliphatic hydroxyl groups is 1. The van der Waals surface area contributed by atoms with E-state index in [1.807, 2.05) is 36.4 Å². The smallest absolute Gasteiger partial charge is 0.0997 e. The van der Waals surface area contributed by atoms with Gasteiger partial charge in [-0.05, 0) is 12.5 Å². The maximum Gasteiger partial charge on any atom is 0.0997 e. The fourth-order valence-corrected chi connectivity index (χ4v) is 1.05. The second kappa shape index (κ2) is 3.38. The van der Waals surface area contributed by atoms with Crippen molar-refractivity contribution in [1.82, 2.24) is 0 Å². The Balaban J connectivity index is 2.91. The van der Waals surface area contributed by atoms with Gasteiger partial charge in [-0.25, -0.2) is 0 Å². The molecule has 1 aromatic carbocycles. The lowest BCUT2D eigenvalue weighted by atomic mass is 9.93. The summed E-state index contributed by atoms with van der Waals surface area (Å²) in [6, 6.07) is 11.2. The predicted octanol–water partition coefficient (Wildman–Crippen LogP) is 1.81. The summed E-state index contributed by atoms with van der Waals surface area (Å²) in [5.41, 5.74) is -0.234. The number of nitriles is 1. The second-order valence-electron chi connectivity index (χ2n) is 2.97. The molecule has 0 radical (unpaired) electrons. The average Bonchev–Trinajstić information content (AvgIpc) is 2.06. The Bertz CT molecular complexity index is 284. The molecular weight excluding hydrogens is 150 g/mol. The maximum absolute atomic E-state index is 9.76. The summed E-state index contributed by atoms with van der Waals surface area (Å²) in [4.78, 5) is 0. The van der Waals surface area contributed by atoms with Crippen molar-refractivity contribution in [2.24, 2.45) is 0 Å². The zero-order valence-corrected chi connectivity index (χ0v) is 6.99. The van der Waals surface area contributed by atoms with Crippen molar-refractivity contribution >= 4 is 0 Å². The minimum atomic E-state index is -1.02. The van der Waals surface area contributed by atoms with Crippen LogP contribution < -0.4 is 0 Å². The molecule has 1 rings (SSSR count). The van der Waals surface area contributed by atoms with E-state index in [9.17, 15) is 5.11 Å². The van der Waals surface area contributed by atoms with Crippen molar-refractivity contribution < 1.29 is 5.11 Å². The third-order valence-corrected chi connectivity index (χ3v) is 1.82. The highest BCUT2D eigenvalue weighted by atomic mass is 16.3. The molecule has 0 aliphatic heterocycles. The molecular formula is C10H11NO. The van der Waals surface area contributed by atoms with E-state index in [1.54, 1.807) is 6.92 Å². The van der Waals surface area contributed by atoms with Crippen LogP contribution in [0.15, 0.2) is 30.3 Å². The lowest BCUT2D eigenvalue weighted by molar-refractivity contribution is 0.0624. The highest BCUT2D eigenvalue weighted by molar-refractivity contribution is 5.22. The first-order valence-electron chi connectivity index (χ1n) is 3.82. The zero-order valence-electron chi connectivity index (χ0n) is 6.99. The molecule has 1 atom stereocenters. The third kappa shape index (κ3) is 1.84. The number of benzene rings is 1.